The van der Waals surface area contributed by atoms with E-state index >= 15 is 0 Å². The van der Waals surface area contributed by atoms with Gasteiger partial charge in [0, 0.05) is 5.92 Å². The van der Waals surface area contributed by atoms with Crippen LogP contribution in [0.5, 0.6) is 0 Å². The van der Waals surface area contributed by atoms with Gasteiger partial charge in [0.2, 0.25) is 0 Å². The van der Waals surface area contributed by atoms with E-state index in [9.17, 15) is 9.59 Å². The highest BCUT2D eigenvalue weighted by molar-refractivity contribution is 5.74. The molecule has 0 aromatic heterocycles. The number of hydrazine groups is 1. The normalized spacial score (nSPS) is 17.4. The molecule has 2 aromatic rings. The molecule has 158 valence electrons. The van der Waals surface area contributed by atoms with E-state index in [1.165, 1.54) is 10.6 Å². The second kappa shape index (κ2) is 10.5. The van der Waals surface area contributed by atoms with Crippen LogP contribution in [-0.4, -0.2) is 36.5 Å². The molecule has 2 aromatic carbocycles. The van der Waals surface area contributed by atoms with E-state index in [2.05, 4.69) is 35.8 Å². The lowest BCUT2D eigenvalue weighted by Crippen LogP contribution is -2.54. The summed E-state index contributed by atoms with van der Waals surface area (Å²) < 4.78 is 10.1. The van der Waals surface area contributed by atoms with E-state index in [4.69, 9.17) is 9.47 Å². The van der Waals surface area contributed by atoms with Gasteiger partial charge < -0.3 is 9.47 Å². The number of amides is 2. The van der Waals surface area contributed by atoms with Crippen molar-refractivity contribution in [1.82, 2.24) is 10.4 Å². The zero-order chi connectivity index (χ0) is 21.3. The van der Waals surface area contributed by atoms with Crippen molar-refractivity contribution in [3.05, 3.63) is 72.3 Å². The fraction of sp³-hybridized carbons (Fsp3) is 0.333. The second-order valence-corrected chi connectivity index (χ2v) is 7.02. The Morgan fingerprint density at radius 1 is 1.00 bits per heavy atom. The highest BCUT2D eigenvalue weighted by atomic mass is 16.6. The van der Waals surface area contributed by atoms with Gasteiger partial charge in [-0.25, -0.2) is 20.0 Å². The van der Waals surface area contributed by atoms with Crippen molar-refractivity contribution in [3.63, 3.8) is 0 Å². The van der Waals surface area contributed by atoms with Crippen molar-refractivity contribution in [1.29, 1.82) is 0 Å². The number of rotatable bonds is 6. The van der Waals surface area contributed by atoms with Gasteiger partial charge in [0.05, 0.1) is 19.3 Å². The molecular formula is C24H28N2O4. The summed E-state index contributed by atoms with van der Waals surface area (Å²) in [6.07, 6.45) is 4.25. The molecule has 0 fully saturated rings. The highest BCUT2D eigenvalue weighted by Crippen LogP contribution is 2.31. The van der Waals surface area contributed by atoms with Crippen LogP contribution in [0.3, 0.4) is 0 Å². The molecule has 0 heterocycles. The minimum Gasteiger partial charge on any atom is -0.449 e. The van der Waals surface area contributed by atoms with Crippen LogP contribution in [0.15, 0.2) is 66.7 Å². The number of nitrogens with one attached hydrogen (secondary N) is 1. The molecule has 1 N–H and O–H groups in total. The fourth-order valence-corrected chi connectivity index (χ4v) is 3.77. The Balaban J connectivity index is 1.83. The number of hydrogen-bond acceptors (Lipinski definition) is 4. The average molecular weight is 408 g/mol. The van der Waals surface area contributed by atoms with Crippen molar-refractivity contribution in [2.24, 2.45) is 5.92 Å². The number of carbonyl (C=O) groups excluding carboxylic acids is 2. The molecule has 0 saturated heterocycles. The number of hydrogen-bond donors (Lipinski definition) is 1. The Labute approximate surface area is 177 Å². The van der Waals surface area contributed by atoms with Crippen LogP contribution in [0.4, 0.5) is 9.59 Å². The van der Waals surface area contributed by atoms with Gasteiger partial charge in [0.1, 0.15) is 0 Å². The summed E-state index contributed by atoms with van der Waals surface area (Å²) in [5, 5.41) is 1.28. The van der Waals surface area contributed by atoms with Gasteiger partial charge in [-0.3, -0.25) is 0 Å². The lowest BCUT2D eigenvalue weighted by atomic mass is 9.90. The van der Waals surface area contributed by atoms with E-state index in [-0.39, 0.29) is 25.2 Å². The van der Waals surface area contributed by atoms with Crippen LogP contribution in [0.25, 0.3) is 11.1 Å². The van der Waals surface area contributed by atoms with E-state index < -0.39 is 12.2 Å². The van der Waals surface area contributed by atoms with Gasteiger partial charge in [-0.05, 0) is 43.4 Å². The molecule has 0 saturated carbocycles. The molecule has 30 heavy (non-hydrogen) atoms. The molecule has 0 radical (unpaired) electrons. The van der Waals surface area contributed by atoms with Crippen molar-refractivity contribution in [2.75, 3.05) is 13.2 Å². The lowest BCUT2D eigenvalue weighted by molar-refractivity contribution is 0.0485. The summed E-state index contributed by atoms with van der Waals surface area (Å²) in [4.78, 5) is 24.6. The standard InChI is InChI=1S/C24H28N2O4/c1-3-29-23(27)25-26(24(28)30-4-2)22-16-10-14-20(22)17-19-13-8-9-15-21(19)18-11-6-5-7-12-18/h5-15,20,22H,3-4,16-17H2,1-2H3,(H,25,27)/t20-,22+/m1/s1. The smallest absolute Gasteiger partial charge is 0.429 e. The molecule has 0 aliphatic heterocycles. The SMILES string of the molecule is CCOC(=O)NN(C(=O)OCC)[C@H]1CC=C[C@@H]1Cc1ccccc1-c1ccccc1. The summed E-state index contributed by atoms with van der Waals surface area (Å²) >= 11 is 0. The molecule has 1 aliphatic carbocycles. The lowest BCUT2D eigenvalue weighted by Gasteiger charge is -2.32. The fourth-order valence-electron chi connectivity index (χ4n) is 3.77. The van der Waals surface area contributed by atoms with Crippen LogP contribution in [0, 0.1) is 5.92 Å². The molecule has 0 unspecified atom stereocenters. The maximum Gasteiger partial charge on any atom is 0.429 e. The number of ether oxygens (including phenoxy) is 2. The second-order valence-electron chi connectivity index (χ2n) is 7.02. The molecule has 0 bridgehead atoms. The zero-order valence-corrected chi connectivity index (χ0v) is 17.4. The first-order valence-electron chi connectivity index (χ1n) is 10.3. The van der Waals surface area contributed by atoms with E-state index in [0.29, 0.717) is 6.42 Å². The third-order valence-electron chi connectivity index (χ3n) is 5.10. The molecule has 6 nitrogen and oxygen atoms in total. The zero-order valence-electron chi connectivity index (χ0n) is 17.4. The average Bonchev–Trinajstić information content (AvgIpc) is 3.21. The molecule has 2 amide bonds. The molecule has 6 heteroatoms. The van der Waals surface area contributed by atoms with Gasteiger partial charge in [-0.1, -0.05) is 66.7 Å². The van der Waals surface area contributed by atoms with Gasteiger partial charge >= 0.3 is 12.2 Å². The van der Waals surface area contributed by atoms with Gasteiger partial charge in [0.25, 0.3) is 0 Å². The molecule has 3 rings (SSSR count). The Kier molecular flexibility index (Phi) is 7.49. The Bertz CT molecular complexity index is 882. The summed E-state index contributed by atoms with van der Waals surface area (Å²) in [6, 6.07) is 18.2. The highest BCUT2D eigenvalue weighted by Gasteiger charge is 2.34. The van der Waals surface area contributed by atoms with Crippen LogP contribution in [-0.2, 0) is 15.9 Å². The first kappa shape index (κ1) is 21.4. The molecule has 0 spiro atoms. The summed E-state index contributed by atoms with van der Waals surface area (Å²) in [6.45, 7) is 3.90. The van der Waals surface area contributed by atoms with Gasteiger partial charge in [-0.15, -0.1) is 0 Å². The van der Waals surface area contributed by atoms with Gasteiger partial charge in [0.15, 0.2) is 0 Å². The first-order chi connectivity index (χ1) is 14.6. The van der Waals surface area contributed by atoms with Crippen molar-refractivity contribution in [2.45, 2.75) is 32.7 Å². The Morgan fingerprint density at radius 3 is 2.43 bits per heavy atom. The summed E-state index contributed by atoms with van der Waals surface area (Å²) in [5.41, 5.74) is 6.07. The van der Waals surface area contributed by atoms with Crippen molar-refractivity contribution in [3.8, 4) is 11.1 Å². The quantitative estimate of drug-likeness (QED) is 0.542. The Morgan fingerprint density at radius 2 is 1.70 bits per heavy atom. The van der Waals surface area contributed by atoms with Crippen LogP contribution < -0.4 is 5.43 Å². The van der Waals surface area contributed by atoms with Crippen molar-refractivity contribution >= 4 is 12.2 Å². The van der Waals surface area contributed by atoms with Crippen LogP contribution in [0.2, 0.25) is 0 Å². The van der Waals surface area contributed by atoms with E-state index in [1.807, 2.05) is 36.4 Å². The Hall–Kier alpha value is -3.28. The molecular weight excluding hydrogens is 380 g/mol. The maximum absolute atomic E-state index is 12.6. The monoisotopic (exact) mass is 408 g/mol. The number of carbonyl (C=O) groups is 2. The minimum atomic E-state index is -0.666. The predicted octanol–water partition coefficient (Wildman–Crippen LogP) is 4.96. The molecule has 1 aliphatic rings. The first-order valence-corrected chi connectivity index (χ1v) is 10.3. The van der Waals surface area contributed by atoms with Crippen LogP contribution >= 0.6 is 0 Å². The van der Waals surface area contributed by atoms with E-state index in [0.717, 1.165) is 17.5 Å². The number of nitrogens with zero attached hydrogens (tertiary/aromatic N) is 1. The number of benzene rings is 2. The topological polar surface area (TPSA) is 67.9 Å². The third-order valence-corrected chi connectivity index (χ3v) is 5.10. The predicted molar refractivity (Wildman–Crippen MR) is 116 cm³/mol. The van der Waals surface area contributed by atoms with E-state index in [1.54, 1.807) is 13.8 Å². The van der Waals surface area contributed by atoms with Crippen molar-refractivity contribution < 1.29 is 19.1 Å². The summed E-state index contributed by atoms with van der Waals surface area (Å²) in [7, 11) is 0. The summed E-state index contributed by atoms with van der Waals surface area (Å²) in [5.74, 6) is 0.0289. The van der Waals surface area contributed by atoms with Gasteiger partial charge in [-0.2, -0.15) is 0 Å². The minimum absolute atomic E-state index is 0.0289. The largest absolute Gasteiger partial charge is 0.449 e. The molecule has 2 atom stereocenters. The third kappa shape index (κ3) is 5.20. The maximum atomic E-state index is 12.6. The van der Waals surface area contributed by atoms with Crippen LogP contribution in [0.1, 0.15) is 25.8 Å².